The average molecular weight is 282 g/mol. The van der Waals surface area contributed by atoms with Crippen molar-refractivity contribution in [1.82, 2.24) is 10.2 Å². The molecule has 0 aromatic carbocycles. The number of likely N-dealkylation sites (tertiary alicyclic amines) is 1. The molecule has 1 aliphatic heterocycles. The predicted octanol–water partition coefficient (Wildman–Crippen LogP) is -0.286. The lowest BCUT2D eigenvalue weighted by Gasteiger charge is -2.36. The number of carbonyl (C=O) groups is 2. The lowest BCUT2D eigenvalue weighted by molar-refractivity contribution is -0.128. The summed E-state index contributed by atoms with van der Waals surface area (Å²) in [5, 5.41) is 3.10. The molecular formula is C14H26N4O2. The van der Waals surface area contributed by atoms with Crippen molar-refractivity contribution in [3.8, 4) is 0 Å². The fourth-order valence-corrected chi connectivity index (χ4v) is 3.19. The van der Waals surface area contributed by atoms with Crippen LogP contribution in [-0.4, -0.2) is 47.9 Å². The smallest absolute Gasteiger partial charge is 0.240 e. The van der Waals surface area contributed by atoms with Crippen molar-refractivity contribution in [1.29, 1.82) is 0 Å². The maximum absolute atomic E-state index is 12.3. The molecule has 5 N–H and O–H groups in total. The van der Waals surface area contributed by atoms with Gasteiger partial charge in [0.15, 0.2) is 0 Å². The molecule has 2 aliphatic rings. The van der Waals surface area contributed by atoms with E-state index in [0.717, 1.165) is 51.6 Å². The highest BCUT2D eigenvalue weighted by Crippen LogP contribution is 2.26. The number of hydrogen-bond acceptors (Lipinski definition) is 4. The highest BCUT2D eigenvalue weighted by atomic mass is 16.2. The predicted molar refractivity (Wildman–Crippen MR) is 76.8 cm³/mol. The second-order valence-corrected chi connectivity index (χ2v) is 6.21. The number of hydrogen-bond donors (Lipinski definition) is 3. The van der Waals surface area contributed by atoms with Crippen molar-refractivity contribution in [3.05, 3.63) is 0 Å². The van der Waals surface area contributed by atoms with Crippen molar-refractivity contribution in [2.24, 2.45) is 11.5 Å². The third kappa shape index (κ3) is 3.93. The lowest BCUT2D eigenvalue weighted by Crippen LogP contribution is -2.58. The quantitative estimate of drug-likeness (QED) is 0.659. The molecule has 1 heterocycles. The van der Waals surface area contributed by atoms with E-state index in [1.54, 1.807) is 0 Å². The minimum absolute atomic E-state index is 0.00514. The summed E-state index contributed by atoms with van der Waals surface area (Å²) >= 11 is 0. The van der Waals surface area contributed by atoms with Crippen LogP contribution in [0.1, 0.15) is 44.9 Å². The molecular weight excluding hydrogens is 256 g/mol. The Labute approximate surface area is 120 Å². The summed E-state index contributed by atoms with van der Waals surface area (Å²) in [5.74, 6) is -0.291. The summed E-state index contributed by atoms with van der Waals surface area (Å²) in [4.78, 5) is 25.2. The van der Waals surface area contributed by atoms with Gasteiger partial charge in [0.25, 0.3) is 0 Å². The van der Waals surface area contributed by atoms with E-state index in [0.29, 0.717) is 6.54 Å². The van der Waals surface area contributed by atoms with Gasteiger partial charge in [-0.2, -0.15) is 0 Å². The van der Waals surface area contributed by atoms with Gasteiger partial charge < -0.3 is 16.8 Å². The lowest BCUT2D eigenvalue weighted by atomic mass is 9.81. The standard InChI is InChI=1S/C14H26N4O2/c15-12(19)10-18-8-4-11(5-9-18)17-13(20)14(16)6-2-1-3-7-14/h11H,1-10,16H2,(H2,15,19)(H,17,20). The van der Waals surface area contributed by atoms with Gasteiger partial charge in [-0.05, 0) is 25.7 Å². The third-order valence-electron chi connectivity index (χ3n) is 4.50. The zero-order valence-corrected chi connectivity index (χ0v) is 12.1. The molecule has 0 atom stereocenters. The van der Waals surface area contributed by atoms with Gasteiger partial charge >= 0.3 is 0 Å². The van der Waals surface area contributed by atoms with Crippen molar-refractivity contribution in [2.45, 2.75) is 56.5 Å². The Hall–Kier alpha value is -1.14. The first-order valence-electron chi connectivity index (χ1n) is 7.60. The number of nitrogens with zero attached hydrogens (tertiary/aromatic N) is 1. The van der Waals surface area contributed by atoms with Crippen molar-refractivity contribution >= 4 is 11.8 Å². The number of nitrogens with one attached hydrogen (secondary N) is 1. The first-order chi connectivity index (χ1) is 9.49. The van der Waals surface area contributed by atoms with Crippen LogP contribution < -0.4 is 16.8 Å². The van der Waals surface area contributed by atoms with Crippen LogP contribution in [-0.2, 0) is 9.59 Å². The SMILES string of the molecule is NC(=O)CN1CCC(NC(=O)C2(N)CCCCC2)CC1. The number of piperidine rings is 1. The number of primary amides is 1. The molecule has 20 heavy (non-hydrogen) atoms. The molecule has 6 nitrogen and oxygen atoms in total. The Kier molecular flexibility index (Phi) is 4.99. The highest BCUT2D eigenvalue weighted by molar-refractivity contribution is 5.86. The Bertz CT molecular complexity index is 358. The topological polar surface area (TPSA) is 101 Å². The van der Waals surface area contributed by atoms with E-state index in [1.807, 2.05) is 4.90 Å². The van der Waals surface area contributed by atoms with Crippen molar-refractivity contribution in [3.63, 3.8) is 0 Å². The molecule has 0 aromatic rings. The maximum atomic E-state index is 12.3. The monoisotopic (exact) mass is 282 g/mol. The number of amides is 2. The molecule has 0 radical (unpaired) electrons. The normalized spacial score (nSPS) is 24.2. The molecule has 0 aromatic heterocycles. The average Bonchev–Trinajstić information content (AvgIpc) is 2.41. The fraction of sp³-hybridized carbons (Fsp3) is 0.857. The molecule has 2 rings (SSSR count). The Morgan fingerprint density at radius 1 is 1.15 bits per heavy atom. The number of nitrogens with two attached hydrogens (primary N) is 2. The van der Waals surface area contributed by atoms with E-state index in [1.165, 1.54) is 6.42 Å². The van der Waals surface area contributed by atoms with Crippen LogP contribution in [0, 0.1) is 0 Å². The molecule has 1 saturated carbocycles. The second kappa shape index (κ2) is 6.54. The largest absolute Gasteiger partial charge is 0.369 e. The zero-order chi connectivity index (χ0) is 14.6. The molecule has 0 spiro atoms. The summed E-state index contributed by atoms with van der Waals surface area (Å²) in [5.41, 5.74) is 10.8. The molecule has 6 heteroatoms. The maximum Gasteiger partial charge on any atom is 0.240 e. The molecule has 0 bridgehead atoms. The fourth-order valence-electron chi connectivity index (χ4n) is 3.19. The van der Waals surface area contributed by atoms with E-state index in [-0.39, 0.29) is 17.9 Å². The van der Waals surface area contributed by atoms with Crippen LogP contribution >= 0.6 is 0 Å². The highest BCUT2D eigenvalue weighted by Gasteiger charge is 2.36. The van der Waals surface area contributed by atoms with Gasteiger partial charge in [-0.3, -0.25) is 14.5 Å². The van der Waals surface area contributed by atoms with Crippen molar-refractivity contribution in [2.75, 3.05) is 19.6 Å². The Morgan fingerprint density at radius 2 is 1.75 bits per heavy atom. The van der Waals surface area contributed by atoms with Crippen LogP contribution in [0.25, 0.3) is 0 Å². The summed E-state index contributed by atoms with van der Waals surface area (Å²) in [6.07, 6.45) is 6.56. The van der Waals surface area contributed by atoms with E-state index in [9.17, 15) is 9.59 Å². The zero-order valence-electron chi connectivity index (χ0n) is 12.1. The van der Waals surface area contributed by atoms with Crippen LogP contribution in [0.15, 0.2) is 0 Å². The first-order valence-corrected chi connectivity index (χ1v) is 7.60. The van der Waals surface area contributed by atoms with Crippen molar-refractivity contribution < 1.29 is 9.59 Å². The molecule has 2 amide bonds. The van der Waals surface area contributed by atoms with Crippen LogP contribution in [0.5, 0.6) is 0 Å². The third-order valence-corrected chi connectivity index (χ3v) is 4.50. The molecule has 0 unspecified atom stereocenters. The van der Waals surface area contributed by atoms with Gasteiger partial charge in [0.2, 0.25) is 11.8 Å². The summed E-state index contributed by atoms with van der Waals surface area (Å²) in [7, 11) is 0. The summed E-state index contributed by atoms with van der Waals surface area (Å²) in [6.45, 7) is 1.90. The number of carbonyl (C=O) groups excluding carboxylic acids is 2. The minimum atomic E-state index is -0.664. The van der Waals surface area contributed by atoms with Crippen LogP contribution in [0.2, 0.25) is 0 Å². The van der Waals surface area contributed by atoms with Gasteiger partial charge in [-0.1, -0.05) is 19.3 Å². The number of rotatable bonds is 4. The molecule has 2 fully saturated rings. The van der Waals surface area contributed by atoms with Gasteiger partial charge in [0.1, 0.15) is 0 Å². The minimum Gasteiger partial charge on any atom is -0.369 e. The van der Waals surface area contributed by atoms with E-state index < -0.39 is 5.54 Å². The van der Waals surface area contributed by atoms with Crippen LogP contribution in [0.4, 0.5) is 0 Å². The molecule has 114 valence electrons. The van der Waals surface area contributed by atoms with E-state index in [4.69, 9.17) is 11.5 Å². The second-order valence-electron chi connectivity index (χ2n) is 6.21. The van der Waals surface area contributed by atoms with Gasteiger partial charge in [-0.15, -0.1) is 0 Å². The molecule has 1 saturated heterocycles. The van der Waals surface area contributed by atoms with Crippen LogP contribution in [0.3, 0.4) is 0 Å². The van der Waals surface area contributed by atoms with E-state index >= 15 is 0 Å². The summed E-state index contributed by atoms with van der Waals surface area (Å²) < 4.78 is 0. The van der Waals surface area contributed by atoms with Gasteiger partial charge in [-0.25, -0.2) is 0 Å². The first kappa shape index (κ1) is 15.3. The van der Waals surface area contributed by atoms with Gasteiger partial charge in [0.05, 0.1) is 12.1 Å². The summed E-state index contributed by atoms with van der Waals surface area (Å²) in [6, 6.07) is 0.175. The Balaban J connectivity index is 1.77. The van der Waals surface area contributed by atoms with Gasteiger partial charge in [0, 0.05) is 19.1 Å². The van der Waals surface area contributed by atoms with E-state index in [2.05, 4.69) is 5.32 Å². The molecule has 1 aliphatic carbocycles. The Morgan fingerprint density at radius 3 is 2.30 bits per heavy atom.